The number of ether oxygens (including phenoxy) is 1. The molecule has 2 N–H and O–H groups in total. The molecule has 0 aliphatic rings. The number of amides is 2. The molecule has 7 nitrogen and oxygen atoms in total. The minimum atomic E-state index is -0.517. The average Bonchev–Trinajstić information content (AvgIpc) is 2.90. The van der Waals surface area contributed by atoms with Gasteiger partial charge in [0.1, 0.15) is 5.60 Å². The SMILES string of the molecule is Cc1cc(C)n(Cc2cccc(C(=O)NCCCNC(=O)OC(C)(C)C)c2)n1. The molecular formula is C21H30N4O3. The Morgan fingerprint density at radius 3 is 2.46 bits per heavy atom. The topological polar surface area (TPSA) is 85.2 Å². The van der Waals surface area contributed by atoms with E-state index in [0.29, 0.717) is 31.6 Å². The van der Waals surface area contributed by atoms with Gasteiger partial charge in [0.2, 0.25) is 0 Å². The Kier molecular flexibility index (Phi) is 7.20. The smallest absolute Gasteiger partial charge is 0.407 e. The summed E-state index contributed by atoms with van der Waals surface area (Å²) in [7, 11) is 0. The van der Waals surface area contributed by atoms with Crippen LogP contribution in [0.2, 0.25) is 0 Å². The molecule has 0 atom stereocenters. The molecule has 2 amide bonds. The van der Waals surface area contributed by atoms with Crippen molar-refractivity contribution in [1.82, 2.24) is 20.4 Å². The van der Waals surface area contributed by atoms with Gasteiger partial charge < -0.3 is 15.4 Å². The van der Waals surface area contributed by atoms with Crippen molar-refractivity contribution in [2.75, 3.05) is 13.1 Å². The first-order valence-electron chi connectivity index (χ1n) is 9.49. The number of nitrogens with zero attached hydrogens (tertiary/aromatic N) is 2. The van der Waals surface area contributed by atoms with E-state index in [2.05, 4.69) is 15.7 Å². The normalized spacial score (nSPS) is 11.2. The van der Waals surface area contributed by atoms with Crippen molar-refractivity contribution in [3.05, 3.63) is 52.8 Å². The summed E-state index contributed by atoms with van der Waals surface area (Å²) in [6.07, 6.45) is 0.173. The quantitative estimate of drug-likeness (QED) is 0.716. The first-order valence-corrected chi connectivity index (χ1v) is 9.49. The summed E-state index contributed by atoms with van der Waals surface area (Å²) in [4.78, 5) is 23.9. The Morgan fingerprint density at radius 2 is 1.82 bits per heavy atom. The maximum Gasteiger partial charge on any atom is 0.407 e. The van der Waals surface area contributed by atoms with Crippen LogP contribution in [0.15, 0.2) is 30.3 Å². The molecule has 0 aliphatic heterocycles. The van der Waals surface area contributed by atoms with Gasteiger partial charge in [-0.05, 0) is 64.8 Å². The lowest BCUT2D eigenvalue weighted by molar-refractivity contribution is 0.0527. The van der Waals surface area contributed by atoms with Gasteiger partial charge in [-0.2, -0.15) is 5.10 Å². The number of benzene rings is 1. The van der Waals surface area contributed by atoms with E-state index in [4.69, 9.17) is 4.74 Å². The van der Waals surface area contributed by atoms with Crippen LogP contribution in [0.3, 0.4) is 0 Å². The van der Waals surface area contributed by atoms with Gasteiger partial charge >= 0.3 is 6.09 Å². The van der Waals surface area contributed by atoms with E-state index < -0.39 is 11.7 Å². The Morgan fingerprint density at radius 1 is 1.11 bits per heavy atom. The molecular weight excluding hydrogens is 356 g/mol. The van der Waals surface area contributed by atoms with Crippen molar-refractivity contribution in [2.45, 2.75) is 53.2 Å². The van der Waals surface area contributed by atoms with Crippen LogP contribution in [0.4, 0.5) is 4.79 Å². The number of aromatic nitrogens is 2. The van der Waals surface area contributed by atoms with Crippen molar-refractivity contribution >= 4 is 12.0 Å². The molecule has 0 saturated carbocycles. The summed E-state index contributed by atoms with van der Waals surface area (Å²) in [5.74, 6) is -0.132. The van der Waals surface area contributed by atoms with E-state index >= 15 is 0 Å². The Bertz CT molecular complexity index is 821. The maximum absolute atomic E-state index is 12.4. The molecule has 0 fully saturated rings. The maximum atomic E-state index is 12.4. The third-order valence-electron chi connectivity index (χ3n) is 3.93. The lowest BCUT2D eigenvalue weighted by atomic mass is 10.1. The van der Waals surface area contributed by atoms with E-state index in [1.165, 1.54) is 0 Å². The second-order valence-corrected chi connectivity index (χ2v) is 7.82. The first-order chi connectivity index (χ1) is 13.1. The molecule has 0 aliphatic carbocycles. The largest absolute Gasteiger partial charge is 0.444 e. The van der Waals surface area contributed by atoms with Crippen molar-refractivity contribution in [1.29, 1.82) is 0 Å². The first kappa shape index (κ1) is 21.5. The summed E-state index contributed by atoms with van der Waals surface area (Å²) in [6, 6.07) is 9.56. The molecule has 0 bridgehead atoms. The second kappa shape index (κ2) is 9.39. The highest BCUT2D eigenvalue weighted by molar-refractivity contribution is 5.94. The van der Waals surface area contributed by atoms with Crippen molar-refractivity contribution < 1.29 is 14.3 Å². The van der Waals surface area contributed by atoms with Gasteiger partial charge in [0.05, 0.1) is 12.2 Å². The standard InChI is InChI=1S/C21H30N4O3/c1-15-12-16(2)25(24-15)14-17-8-6-9-18(13-17)19(26)22-10-7-11-23-20(27)28-21(3,4)5/h6,8-9,12-13H,7,10-11,14H2,1-5H3,(H,22,26)(H,23,27). The zero-order chi connectivity index (χ0) is 20.7. The number of aryl methyl sites for hydroxylation is 2. The lowest BCUT2D eigenvalue weighted by Gasteiger charge is -2.19. The van der Waals surface area contributed by atoms with Crippen molar-refractivity contribution in [3.63, 3.8) is 0 Å². The van der Waals surface area contributed by atoms with Crippen LogP contribution in [-0.2, 0) is 11.3 Å². The molecule has 0 spiro atoms. The number of hydrogen-bond acceptors (Lipinski definition) is 4. The van der Waals surface area contributed by atoms with Crippen LogP contribution < -0.4 is 10.6 Å². The fourth-order valence-electron chi connectivity index (χ4n) is 2.72. The van der Waals surface area contributed by atoms with Crippen LogP contribution >= 0.6 is 0 Å². The highest BCUT2D eigenvalue weighted by Crippen LogP contribution is 2.10. The van der Waals surface area contributed by atoms with Crippen LogP contribution in [0.5, 0.6) is 0 Å². The minimum Gasteiger partial charge on any atom is -0.444 e. The fourth-order valence-corrected chi connectivity index (χ4v) is 2.72. The van der Waals surface area contributed by atoms with E-state index in [1.54, 1.807) is 6.07 Å². The van der Waals surface area contributed by atoms with Gasteiger partial charge in [0.15, 0.2) is 0 Å². The van der Waals surface area contributed by atoms with Crippen LogP contribution in [0.25, 0.3) is 0 Å². The Labute approximate surface area is 166 Å². The number of nitrogens with one attached hydrogen (secondary N) is 2. The minimum absolute atomic E-state index is 0.132. The predicted molar refractivity (Wildman–Crippen MR) is 108 cm³/mol. The summed E-state index contributed by atoms with van der Waals surface area (Å²) in [6.45, 7) is 11.0. The number of rotatable bonds is 7. The lowest BCUT2D eigenvalue weighted by Crippen LogP contribution is -2.34. The molecule has 7 heteroatoms. The fraction of sp³-hybridized carbons (Fsp3) is 0.476. The monoisotopic (exact) mass is 386 g/mol. The number of alkyl carbamates (subject to hydrolysis) is 1. The van der Waals surface area contributed by atoms with Crippen LogP contribution in [-0.4, -0.2) is 40.5 Å². The number of carbonyl (C=O) groups excluding carboxylic acids is 2. The van der Waals surface area contributed by atoms with Crippen molar-refractivity contribution in [2.24, 2.45) is 0 Å². The molecule has 2 rings (SSSR count). The van der Waals surface area contributed by atoms with Gasteiger partial charge in [0, 0.05) is 24.3 Å². The van der Waals surface area contributed by atoms with Gasteiger partial charge in [-0.3, -0.25) is 9.48 Å². The summed E-state index contributed by atoms with van der Waals surface area (Å²) in [5, 5.41) is 10.0. The average molecular weight is 386 g/mol. The van der Waals surface area contributed by atoms with E-state index in [1.807, 2.05) is 63.6 Å². The summed E-state index contributed by atoms with van der Waals surface area (Å²) in [5.41, 5.74) is 3.18. The molecule has 1 aromatic heterocycles. The van der Waals surface area contributed by atoms with Crippen molar-refractivity contribution in [3.8, 4) is 0 Å². The van der Waals surface area contributed by atoms with E-state index in [9.17, 15) is 9.59 Å². The number of carbonyl (C=O) groups is 2. The van der Waals surface area contributed by atoms with Crippen LogP contribution in [0.1, 0.15) is 54.5 Å². The zero-order valence-corrected chi connectivity index (χ0v) is 17.3. The highest BCUT2D eigenvalue weighted by atomic mass is 16.6. The van der Waals surface area contributed by atoms with Gasteiger partial charge in [0.25, 0.3) is 5.91 Å². The molecule has 0 radical (unpaired) electrons. The molecule has 152 valence electrons. The van der Waals surface area contributed by atoms with Gasteiger partial charge in [-0.25, -0.2) is 4.79 Å². The predicted octanol–water partition coefficient (Wildman–Crippen LogP) is 3.19. The summed E-state index contributed by atoms with van der Waals surface area (Å²) < 4.78 is 7.09. The molecule has 2 aromatic rings. The molecule has 0 unspecified atom stereocenters. The molecule has 1 heterocycles. The van der Waals surface area contributed by atoms with E-state index in [-0.39, 0.29) is 5.91 Å². The zero-order valence-electron chi connectivity index (χ0n) is 17.3. The van der Waals surface area contributed by atoms with Crippen LogP contribution in [0, 0.1) is 13.8 Å². The summed E-state index contributed by atoms with van der Waals surface area (Å²) >= 11 is 0. The third kappa shape index (κ3) is 7.06. The molecule has 1 aromatic carbocycles. The van der Waals surface area contributed by atoms with Gasteiger partial charge in [-0.15, -0.1) is 0 Å². The molecule has 0 saturated heterocycles. The van der Waals surface area contributed by atoms with Gasteiger partial charge in [-0.1, -0.05) is 12.1 Å². The third-order valence-corrected chi connectivity index (χ3v) is 3.93. The number of hydrogen-bond donors (Lipinski definition) is 2. The van der Waals surface area contributed by atoms with E-state index in [0.717, 1.165) is 17.0 Å². The second-order valence-electron chi connectivity index (χ2n) is 7.82. The molecule has 28 heavy (non-hydrogen) atoms. The Balaban J connectivity index is 1.78. The Hall–Kier alpha value is -2.83. The highest BCUT2D eigenvalue weighted by Gasteiger charge is 2.15.